The van der Waals surface area contributed by atoms with Gasteiger partial charge in [-0.25, -0.2) is 4.79 Å². The molecule has 0 aromatic carbocycles. The molecule has 0 saturated carbocycles. The summed E-state index contributed by atoms with van der Waals surface area (Å²) in [6, 6.07) is -0.818. The van der Waals surface area contributed by atoms with Crippen LogP contribution < -0.4 is 10.6 Å². The number of hydrogen-bond donors (Lipinski definition) is 2. The number of amides is 2. The first-order valence-electron chi connectivity index (χ1n) is 6.59. The number of carbonyl (C=O) groups is 3. The number of esters is 1. The first-order chi connectivity index (χ1) is 9.49. The minimum atomic E-state index is -0.818. The normalized spacial score (nSPS) is 20.4. The number of rotatable bonds is 6. The number of carbonyl (C=O) groups excluding carboxylic acids is 3. The van der Waals surface area contributed by atoms with Crippen molar-refractivity contribution in [2.45, 2.75) is 32.2 Å². The molecule has 1 heterocycles. The maximum Gasteiger partial charge on any atom is 0.328 e. The Balaban J connectivity index is 2.65. The topological polar surface area (TPSA) is 84.5 Å². The molecule has 1 rings (SSSR count). The maximum atomic E-state index is 11.9. The Morgan fingerprint density at radius 2 is 2.30 bits per heavy atom. The number of methoxy groups -OCH3 is 1. The van der Waals surface area contributed by atoms with E-state index in [9.17, 15) is 14.4 Å². The molecular weight excluding hydrogens is 260 g/mol. The van der Waals surface area contributed by atoms with Gasteiger partial charge < -0.3 is 15.4 Å². The van der Waals surface area contributed by atoms with Crippen LogP contribution in [-0.2, 0) is 19.1 Å². The highest BCUT2D eigenvalue weighted by Gasteiger charge is 2.32. The van der Waals surface area contributed by atoms with Crippen molar-refractivity contribution in [3.8, 4) is 12.3 Å². The summed E-state index contributed by atoms with van der Waals surface area (Å²) in [5, 5.41) is 5.31. The molecule has 0 spiro atoms. The Hall–Kier alpha value is -2.03. The molecule has 0 aromatic heterocycles. The van der Waals surface area contributed by atoms with Gasteiger partial charge in [0.1, 0.15) is 6.04 Å². The van der Waals surface area contributed by atoms with Crippen LogP contribution in [0.5, 0.6) is 0 Å². The molecule has 2 amide bonds. The standard InChI is InChI=1S/C14H20N2O4/c1-4-5-9(2)12(17)16-11(14(19)20-3)8-10-6-7-15-13(10)18/h1,9-11H,5-8H2,2-3H3,(H,15,18)(H,16,17)/t9-,10-,11-/m0/s1. The van der Waals surface area contributed by atoms with Crippen molar-refractivity contribution in [3.05, 3.63) is 0 Å². The Kier molecular flexibility index (Phi) is 6.04. The van der Waals surface area contributed by atoms with Crippen molar-refractivity contribution in [1.82, 2.24) is 10.6 Å². The van der Waals surface area contributed by atoms with Crippen molar-refractivity contribution in [1.29, 1.82) is 0 Å². The monoisotopic (exact) mass is 280 g/mol. The van der Waals surface area contributed by atoms with Crippen LogP contribution >= 0.6 is 0 Å². The molecule has 0 unspecified atom stereocenters. The lowest BCUT2D eigenvalue weighted by molar-refractivity contribution is -0.146. The molecule has 0 bridgehead atoms. The summed E-state index contributed by atoms with van der Waals surface area (Å²) in [6.07, 6.45) is 6.35. The summed E-state index contributed by atoms with van der Waals surface area (Å²) in [4.78, 5) is 35.2. The molecule has 1 saturated heterocycles. The van der Waals surface area contributed by atoms with E-state index in [0.717, 1.165) is 0 Å². The maximum absolute atomic E-state index is 11.9. The van der Waals surface area contributed by atoms with Crippen LogP contribution in [0.1, 0.15) is 26.2 Å². The predicted molar refractivity (Wildman–Crippen MR) is 72.3 cm³/mol. The van der Waals surface area contributed by atoms with Crippen LogP contribution in [0.15, 0.2) is 0 Å². The molecule has 1 aliphatic rings. The van der Waals surface area contributed by atoms with Crippen LogP contribution in [0.4, 0.5) is 0 Å². The van der Waals surface area contributed by atoms with Gasteiger partial charge in [-0.15, -0.1) is 12.3 Å². The van der Waals surface area contributed by atoms with Crippen molar-refractivity contribution >= 4 is 17.8 Å². The third-order valence-corrected chi connectivity index (χ3v) is 3.36. The van der Waals surface area contributed by atoms with Crippen LogP contribution in [0.2, 0.25) is 0 Å². The number of hydrogen-bond acceptors (Lipinski definition) is 4. The van der Waals surface area contributed by atoms with Gasteiger partial charge in [-0.3, -0.25) is 9.59 Å². The van der Waals surface area contributed by atoms with Crippen molar-refractivity contribution < 1.29 is 19.1 Å². The zero-order chi connectivity index (χ0) is 15.1. The van der Waals surface area contributed by atoms with Crippen molar-refractivity contribution in [2.24, 2.45) is 11.8 Å². The highest BCUT2D eigenvalue weighted by atomic mass is 16.5. The molecule has 20 heavy (non-hydrogen) atoms. The van der Waals surface area contributed by atoms with Crippen LogP contribution in [0.3, 0.4) is 0 Å². The zero-order valence-corrected chi connectivity index (χ0v) is 11.8. The fourth-order valence-corrected chi connectivity index (χ4v) is 2.09. The van der Waals surface area contributed by atoms with Gasteiger partial charge in [0, 0.05) is 24.8 Å². The summed E-state index contributed by atoms with van der Waals surface area (Å²) in [6.45, 7) is 2.28. The predicted octanol–water partition coefficient (Wildman–Crippen LogP) is -0.170. The molecule has 6 heteroatoms. The van der Waals surface area contributed by atoms with Crippen LogP contribution in [0, 0.1) is 24.2 Å². The fourth-order valence-electron chi connectivity index (χ4n) is 2.09. The second kappa shape index (κ2) is 7.53. The van der Waals surface area contributed by atoms with Gasteiger partial charge in [0.25, 0.3) is 0 Å². The average molecular weight is 280 g/mol. The first-order valence-corrected chi connectivity index (χ1v) is 6.59. The molecule has 110 valence electrons. The molecule has 3 atom stereocenters. The second-order valence-electron chi connectivity index (χ2n) is 4.91. The lowest BCUT2D eigenvalue weighted by Gasteiger charge is -2.20. The summed E-state index contributed by atoms with van der Waals surface area (Å²) in [7, 11) is 1.25. The molecule has 1 aliphatic heterocycles. The summed E-state index contributed by atoms with van der Waals surface area (Å²) in [5.74, 6) is 0.792. The lowest BCUT2D eigenvalue weighted by Crippen LogP contribution is -2.45. The van der Waals surface area contributed by atoms with Gasteiger partial charge in [0.05, 0.1) is 7.11 Å². The van der Waals surface area contributed by atoms with Gasteiger partial charge >= 0.3 is 5.97 Å². The Morgan fingerprint density at radius 3 is 2.80 bits per heavy atom. The second-order valence-corrected chi connectivity index (χ2v) is 4.91. The third kappa shape index (κ3) is 4.26. The SMILES string of the molecule is C#CC[C@H](C)C(=O)N[C@@H](C[C@@H]1CCNC1=O)C(=O)OC. The van der Waals surface area contributed by atoms with Crippen molar-refractivity contribution in [3.63, 3.8) is 0 Å². The smallest absolute Gasteiger partial charge is 0.328 e. The summed E-state index contributed by atoms with van der Waals surface area (Å²) in [5.41, 5.74) is 0. The summed E-state index contributed by atoms with van der Waals surface area (Å²) >= 11 is 0. The van der Waals surface area contributed by atoms with E-state index in [0.29, 0.717) is 19.4 Å². The highest BCUT2D eigenvalue weighted by Crippen LogP contribution is 2.17. The minimum absolute atomic E-state index is 0.0928. The summed E-state index contributed by atoms with van der Waals surface area (Å²) < 4.78 is 4.67. The van der Waals surface area contributed by atoms with E-state index in [2.05, 4.69) is 21.3 Å². The molecule has 1 fully saturated rings. The van der Waals surface area contributed by atoms with E-state index in [1.807, 2.05) is 0 Å². The van der Waals surface area contributed by atoms with Gasteiger partial charge in [-0.2, -0.15) is 0 Å². The largest absolute Gasteiger partial charge is 0.467 e. The van der Waals surface area contributed by atoms with Gasteiger partial charge in [-0.05, 0) is 12.8 Å². The van der Waals surface area contributed by atoms with Crippen LogP contribution in [0.25, 0.3) is 0 Å². The average Bonchev–Trinajstić information content (AvgIpc) is 2.82. The van der Waals surface area contributed by atoms with Crippen LogP contribution in [-0.4, -0.2) is 37.5 Å². The van der Waals surface area contributed by atoms with Crippen molar-refractivity contribution in [2.75, 3.05) is 13.7 Å². The molecular formula is C14H20N2O4. The Morgan fingerprint density at radius 1 is 1.60 bits per heavy atom. The van der Waals surface area contributed by atoms with Gasteiger partial charge in [-0.1, -0.05) is 6.92 Å². The zero-order valence-electron chi connectivity index (χ0n) is 11.8. The molecule has 0 radical (unpaired) electrons. The van der Waals surface area contributed by atoms with E-state index in [4.69, 9.17) is 6.42 Å². The van der Waals surface area contributed by atoms with Gasteiger partial charge in [0.2, 0.25) is 11.8 Å². The number of terminal acetylenes is 1. The third-order valence-electron chi connectivity index (χ3n) is 3.36. The first kappa shape index (κ1) is 16.0. The molecule has 6 nitrogen and oxygen atoms in total. The number of ether oxygens (including phenoxy) is 1. The quantitative estimate of drug-likeness (QED) is 0.522. The number of nitrogens with one attached hydrogen (secondary N) is 2. The lowest BCUT2D eigenvalue weighted by atomic mass is 9.97. The molecule has 2 N–H and O–H groups in total. The van der Waals surface area contributed by atoms with E-state index in [1.165, 1.54) is 7.11 Å². The fraction of sp³-hybridized carbons (Fsp3) is 0.643. The highest BCUT2D eigenvalue weighted by molar-refractivity contribution is 5.87. The van der Waals surface area contributed by atoms with E-state index in [-0.39, 0.29) is 30.1 Å². The van der Waals surface area contributed by atoms with E-state index < -0.39 is 12.0 Å². The minimum Gasteiger partial charge on any atom is -0.467 e. The van der Waals surface area contributed by atoms with E-state index >= 15 is 0 Å². The molecule has 0 aliphatic carbocycles. The Bertz CT molecular complexity index is 427. The van der Waals surface area contributed by atoms with Gasteiger partial charge in [0.15, 0.2) is 0 Å². The molecule has 0 aromatic rings. The van der Waals surface area contributed by atoms with E-state index in [1.54, 1.807) is 6.92 Å². The Labute approximate surface area is 118 Å².